The molecule has 0 bridgehead atoms. The van der Waals surface area contributed by atoms with Crippen molar-refractivity contribution >= 4 is 5.91 Å². The molecule has 214 valence electrons. The number of unbranched alkanes of at least 4 members (excludes halogenated alkanes) is 3. The molecule has 3 atom stereocenters. The molecule has 3 heterocycles. The lowest BCUT2D eigenvalue weighted by atomic mass is 9.79. The molecule has 3 saturated heterocycles. The van der Waals surface area contributed by atoms with E-state index in [0.29, 0.717) is 44.7 Å². The highest BCUT2D eigenvalue weighted by atomic mass is 16.6. The second kappa shape index (κ2) is 16.3. The van der Waals surface area contributed by atoms with Gasteiger partial charge in [0.05, 0.1) is 39.6 Å². The highest BCUT2D eigenvalue weighted by molar-refractivity contribution is 5.86. The van der Waals surface area contributed by atoms with E-state index in [1.807, 2.05) is 0 Å². The summed E-state index contributed by atoms with van der Waals surface area (Å²) in [5.74, 6) is 0.226. The van der Waals surface area contributed by atoms with Crippen LogP contribution in [0.5, 0.6) is 0 Å². The van der Waals surface area contributed by atoms with Crippen LogP contribution in [0, 0.1) is 0 Å². The van der Waals surface area contributed by atoms with Gasteiger partial charge >= 0.3 is 0 Å². The zero-order valence-corrected chi connectivity index (χ0v) is 22.8. The van der Waals surface area contributed by atoms with Crippen LogP contribution in [0.15, 0.2) is 0 Å². The van der Waals surface area contributed by atoms with Gasteiger partial charge in [-0.25, -0.2) is 0 Å². The van der Waals surface area contributed by atoms with Crippen LogP contribution in [0.25, 0.3) is 0 Å². The molecule has 0 aromatic carbocycles. The summed E-state index contributed by atoms with van der Waals surface area (Å²) in [6, 6.07) is 0. The second-order valence-corrected chi connectivity index (χ2v) is 11.0. The first-order chi connectivity index (χ1) is 18.3. The highest BCUT2D eigenvalue weighted by Gasteiger charge is 2.44. The first-order valence-electron chi connectivity index (χ1n) is 14.9. The van der Waals surface area contributed by atoms with Gasteiger partial charge in [-0.2, -0.15) is 0 Å². The minimum absolute atomic E-state index is 0.226. The molecule has 0 spiro atoms. The first kappa shape index (κ1) is 29.2. The first-order valence-corrected chi connectivity index (χ1v) is 14.9. The maximum atomic E-state index is 13.7. The molecule has 0 radical (unpaired) electrons. The standard InChI is InChI=1S/C28H50N2O7/c31-27(29-12-4-7-15-32-18-24-21-35-24)28(10-2-1-3-11-28)30(13-5-8-16-33-19-25-22-36-25)14-6-9-17-34-20-26-23-37-26/h24-26H,1-23H2,(H,29,31). The van der Waals surface area contributed by atoms with Gasteiger partial charge in [-0.15, -0.1) is 0 Å². The fourth-order valence-corrected chi connectivity index (χ4v) is 5.21. The molecule has 1 amide bonds. The minimum Gasteiger partial charge on any atom is -0.379 e. The number of hydrogen-bond acceptors (Lipinski definition) is 8. The molecule has 3 aliphatic heterocycles. The van der Waals surface area contributed by atoms with Crippen LogP contribution in [0.4, 0.5) is 0 Å². The molecule has 1 saturated carbocycles. The van der Waals surface area contributed by atoms with E-state index in [0.717, 1.165) is 117 Å². The van der Waals surface area contributed by atoms with E-state index in [1.165, 1.54) is 6.42 Å². The number of nitrogens with zero attached hydrogens (tertiary/aromatic N) is 1. The zero-order chi connectivity index (χ0) is 25.6. The van der Waals surface area contributed by atoms with Crippen LogP contribution in [0.3, 0.4) is 0 Å². The Bertz CT molecular complexity index is 610. The molecular formula is C28H50N2O7. The van der Waals surface area contributed by atoms with Crippen LogP contribution >= 0.6 is 0 Å². The molecular weight excluding hydrogens is 476 g/mol. The number of amides is 1. The summed E-state index contributed by atoms with van der Waals surface area (Å²) in [7, 11) is 0. The molecule has 9 nitrogen and oxygen atoms in total. The topological polar surface area (TPSA) is 97.6 Å². The van der Waals surface area contributed by atoms with Gasteiger partial charge in [0.15, 0.2) is 0 Å². The number of rotatable bonds is 23. The Balaban J connectivity index is 1.21. The predicted octanol–water partition coefficient (Wildman–Crippen LogP) is 2.69. The van der Waals surface area contributed by atoms with Crippen molar-refractivity contribution in [2.75, 3.05) is 79.1 Å². The fourth-order valence-electron chi connectivity index (χ4n) is 5.21. The quantitative estimate of drug-likeness (QED) is 0.160. The van der Waals surface area contributed by atoms with Crippen molar-refractivity contribution in [1.29, 1.82) is 0 Å². The SMILES string of the molecule is O=C(NCCCCOCC1CO1)C1(N(CCCCOCC2CO2)CCCCOCC2CO2)CCCCC1. The molecule has 1 N–H and O–H groups in total. The van der Waals surface area contributed by atoms with Crippen LogP contribution < -0.4 is 5.32 Å². The average molecular weight is 527 g/mol. The number of nitrogens with one attached hydrogen (secondary N) is 1. The number of carbonyl (C=O) groups excluding carboxylic acids is 1. The maximum Gasteiger partial charge on any atom is 0.240 e. The number of carbonyl (C=O) groups is 1. The van der Waals surface area contributed by atoms with Gasteiger partial charge in [-0.1, -0.05) is 19.3 Å². The highest BCUT2D eigenvalue weighted by Crippen LogP contribution is 2.35. The van der Waals surface area contributed by atoms with Crippen LogP contribution in [0.1, 0.15) is 70.6 Å². The molecule has 0 aromatic rings. The number of hydrogen-bond donors (Lipinski definition) is 1. The van der Waals surface area contributed by atoms with Crippen molar-refractivity contribution in [2.45, 2.75) is 94.5 Å². The van der Waals surface area contributed by atoms with Gasteiger partial charge in [-0.3, -0.25) is 9.69 Å². The fraction of sp³-hybridized carbons (Fsp3) is 0.964. The Morgan fingerprint density at radius 2 is 1.16 bits per heavy atom. The molecule has 3 unspecified atom stereocenters. The lowest BCUT2D eigenvalue weighted by molar-refractivity contribution is -0.136. The van der Waals surface area contributed by atoms with Gasteiger partial charge in [0.1, 0.15) is 23.9 Å². The summed E-state index contributed by atoms with van der Waals surface area (Å²) in [5.41, 5.74) is -0.385. The van der Waals surface area contributed by atoms with E-state index in [1.54, 1.807) is 0 Å². The third-order valence-corrected chi connectivity index (χ3v) is 7.76. The summed E-state index contributed by atoms with van der Waals surface area (Å²) < 4.78 is 32.8. The Labute approximate surface area is 223 Å². The van der Waals surface area contributed by atoms with E-state index in [4.69, 9.17) is 28.4 Å². The van der Waals surface area contributed by atoms with E-state index in [2.05, 4.69) is 10.2 Å². The normalized spacial score (nSPS) is 25.8. The lowest BCUT2D eigenvalue weighted by Crippen LogP contribution is -2.60. The van der Waals surface area contributed by atoms with Gasteiger partial charge in [0.25, 0.3) is 0 Å². The van der Waals surface area contributed by atoms with Crippen molar-refractivity contribution < 1.29 is 33.2 Å². The zero-order valence-electron chi connectivity index (χ0n) is 22.8. The van der Waals surface area contributed by atoms with Gasteiger partial charge in [-0.05, 0) is 64.5 Å². The molecule has 0 aromatic heterocycles. The monoisotopic (exact) mass is 526 g/mol. The predicted molar refractivity (Wildman–Crippen MR) is 140 cm³/mol. The number of epoxide rings is 3. The maximum absolute atomic E-state index is 13.7. The van der Waals surface area contributed by atoms with Gasteiger partial charge in [0, 0.05) is 26.4 Å². The summed E-state index contributed by atoms with van der Waals surface area (Å²) in [6.07, 6.45) is 12.3. The van der Waals surface area contributed by atoms with Crippen molar-refractivity contribution in [2.24, 2.45) is 0 Å². The van der Waals surface area contributed by atoms with E-state index >= 15 is 0 Å². The van der Waals surface area contributed by atoms with Crippen molar-refractivity contribution in [3.05, 3.63) is 0 Å². The Hall–Kier alpha value is -0.810. The Morgan fingerprint density at radius 3 is 1.62 bits per heavy atom. The minimum atomic E-state index is -0.385. The van der Waals surface area contributed by atoms with E-state index < -0.39 is 0 Å². The Kier molecular flexibility index (Phi) is 12.9. The van der Waals surface area contributed by atoms with Crippen molar-refractivity contribution in [1.82, 2.24) is 10.2 Å². The molecule has 37 heavy (non-hydrogen) atoms. The summed E-state index contributed by atoms with van der Waals surface area (Å²) in [4.78, 5) is 16.2. The van der Waals surface area contributed by atoms with Crippen molar-refractivity contribution in [3.8, 4) is 0 Å². The molecule has 4 aliphatic rings. The van der Waals surface area contributed by atoms with Crippen LogP contribution in [-0.2, 0) is 33.2 Å². The lowest BCUT2D eigenvalue weighted by Gasteiger charge is -2.45. The summed E-state index contributed by atoms with van der Waals surface area (Å²) >= 11 is 0. The van der Waals surface area contributed by atoms with Crippen LogP contribution in [-0.4, -0.2) is 114 Å². The third kappa shape index (κ3) is 11.4. The van der Waals surface area contributed by atoms with Gasteiger partial charge in [0.2, 0.25) is 5.91 Å². The summed E-state index contributed by atoms with van der Waals surface area (Å²) in [6.45, 7) is 9.47. The molecule has 4 rings (SSSR count). The second-order valence-electron chi connectivity index (χ2n) is 11.0. The molecule has 4 fully saturated rings. The Morgan fingerprint density at radius 1 is 0.703 bits per heavy atom. The summed E-state index contributed by atoms with van der Waals surface area (Å²) in [5, 5.41) is 3.31. The largest absolute Gasteiger partial charge is 0.379 e. The smallest absolute Gasteiger partial charge is 0.240 e. The van der Waals surface area contributed by atoms with E-state index in [9.17, 15) is 4.79 Å². The van der Waals surface area contributed by atoms with E-state index in [-0.39, 0.29) is 11.4 Å². The van der Waals surface area contributed by atoms with Crippen LogP contribution in [0.2, 0.25) is 0 Å². The number of ether oxygens (including phenoxy) is 6. The third-order valence-electron chi connectivity index (χ3n) is 7.76. The van der Waals surface area contributed by atoms with Crippen molar-refractivity contribution in [3.63, 3.8) is 0 Å². The molecule has 9 heteroatoms. The van der Waals surface area contributed by atoms with Gasteiger partial charge < -0.3 is 33.7 Å². The molecule has 1 aliphatic carbocycles. The average Bonchev–Trinajstić information content (AvgIpc) is 3.75.